The molecule has 0 fully saturated rings. The van der Waals surface area contributed by atoms with Crippen LogP contribution < -0.4 is 5.32 Å². The predicted octanol–water partition coefficient (Wildman–Crippen LogP) is 3.30. The number of hydrogen-bond acceptors (Lipinski definition) is 7. The molecule has 31 heavy (non-hydrogen) atoms. The molecule has 160 valence electrons. The highest BCUT2D eigenvalue weighted by Gasteiger charge is 2.30. The van der Waals surface area contributed by atoms with Gasteiger partial charge in [-0.2, -0.15) is 27.8 Å². The third kappa shape index (κ3) is 5.16. The van der Waals surface area contributed by atoms with Gasteiger partial charge in [-0.15, -0.1) is 0 Å². The molecule has 3 aromatic rings. The summed E-state index contributed by atoms with van der Waals surface area (Å²) in [7, 11) is -3.66. The SMILES string of the molecule is CS(=O)(=O)c1nsc(NC(=O)C(C#N)=Cc2cccn2-c2cccc(C(F)(F)F)c2)n1. The van der Waals surface area contributed by atoms with Crippen LogP contribution in [0.25, 0.3) is 11.8 Å². The highest BCUT2D eigenvalue weighted by atomic mass is 32.2. The van der Waals surface area contributed by atoms with Gasteiger partial charge in [-0.05, 0) is 36.4 Å². The van der Waals surface area contributed by atoms with E-state index in [0.717, 1.165) is 18.4 Å². The van der Waals surface area contributed by atoms with Crippen LogP contribution in [0.15, 0.2) is 53.3 Å². The van der Waals surface area contributed by atoms with E-state index in [1.54, 1.807) is 12.1 Å². The molecule has 0 aliphatic rings. The van der Waals surface area contributed by atoms with Crippen molar-refractivity contribution in [3.63, 3.8) is 0 Å². The van der Waals surface area contributed by atoms with E-state index in [-0.39, 0.29) is 22.1 Å². The molecule has 0 atom stereocenters. The summed E-state index contributed by atoms with van der Waals surface area (Å²) in [6.07, 6.45) is -0.946. The molecule has 1 aromatic carbocycles. The van der Waals surface area contributed by atoms with Crippen molar-refractivity contribution in [2.24, 2.45) is 0 Å². The predicted molar refractivity (Wildman–Crippen MR) is 106 cm³/mol. The Morgan fingerprint density at radius 1 is 1.29 bits per heavy atom. The number of nitrogens with one attached hydrogen (secondary N) is 1. The summed E-state index contributed by atoms with van der Waals surface area (Å²) in [5.74, 6) is -0.879. The van der Waals surface area contributed by atoms with Gasteiger partial charge >= 0.3 is 6.18 Å². The van der Waals surface area contributed by atoms with Crippen LogP contribution in [0.2, 0.25) is 0 Å². The highest BCUT2D eigenvalue weighted by molar-refractivity contribution is 7.90. The fourth-order valence-corrected chi connectivity index (χ4v) is 3.89. The van der Waals surface area contributed by atoms with Gasteiger partial charge in [-0.3, -0.25) is 10.1 Å². The summed E-state index contributed by atoms with van der Waals surface area (Å²) in [6, 6.07) is 9.34. The molecular formula is C18H12F3N5O3S2. The molecular weight excluding hydrogens is 455 g/mol. The van der Waals surface area contributed by atoms with Crippen LogP contribution >= 0.6 is 11.5 Å². The van der Waals surface area contributed by atoms with Crippen LogP contribution in [0.5, 0.6) is 0 Å². The average Bonchev–Trinajstić information content (AvgIpc) is 3.34. The average molecular weight is 467 g/mol. The van der Waals surface area contributed by atoms with E-state index >= 15 is 0 Å². The van der Waals surface area contributed by atoms with E-state index in [1.807, 2.05) is 0 Å². The molecule has 13 heteroatoms. The molecule has 0 bridgehead atoms. The second-order valence-electron chi connectivity index (χ2n) is 6.13. The topological polar surface area (TPSA) is 118 Å². The molecule has 0 saturated heterocycles. The first-order valence-electron chi connectivity index (χ1n) is 8.31. The van der Waals surface area contributed by atoms with E-state index in [4.69, 9.17) is 0 Å². The maximum Gasteiger partial charge on any atom is 0.416 e. The summed E-state index contributed by atoms with van der Waals surface area (Å²) in [4.78, 5) is 16.1. The summed E-state index contributed by atoms with van der Waals surface area (Å²) < 4.78 is 66.8. The Morgan fingerprint density at radius 2 is 2.03 bits per heavy atom. The number of halogens is 3. The molecule has 0 spiro atoms. The Labute approximate surface area is 178 Å². The number of benzene rings is 1. The summed E-state index contributed by atoms with van der Waals surface area (Å²) in [5.41, 5.74) is -0.751. The zero-order valence-electron chi connectivity index (χ0n) is 15.6. The van der Waals surface area contributed by atoms with Crippen LogP contribution in [-0.4, -0.2) is 34.5 Å². The van der Waals surface area contributed by atoms with Gasteiger partial charge in [-0.25, -0.2) is 8.42 Å². The number of alkyl halides is 3. The van der Waals surface area contributed by atoms with E-state index in [9.17, 15) is 31.6 Å². The van der Waals surface area contributed by atoms with Crippen molar-refractivity contribution in [2.45, 2.75) is 11.3 Å². The number of rotatable bonds is 5. The minimum absolute atomic E-state index is 0.125. The van der Waals surface area contributed by atoms with E-state index in [2.05, 4.69) is 14.7 Å². The Balaban J connectivity index is 1.89. The molecule has 1 amide bonds. The molecule has 0 unspecified atom stereocenters. The first-order chi connectivity index (χ1) is 14.5. The van der Waals surface area contributed by atoms with Crippen molar-refractivity contribution in [3.05, 3.63) is 59.4 Å². The minimum atomic E-state index is -4.52. The summed E-state index contributed by atoms with van der Waals surface area (Å²) in [6.45, 7) is 0. The van der Waals surface area contributed by atoms with Gasteiger partial charge in [0.05, 0.1) is 5.56 Å². The Bertz CT molecular complexity index is 1320. The summed E-state index contributed by atoms with van der Waals surface area (Å²) in [5, 5.41) is 11.0. The van der Waals surface area contributed by atoms with Crippen molar-refractivity contribution in [1.29, 1.82) is 5.26 Å². The standard InChI is InChI=1S/C18H12F3N5O3S2/c1-31(28,29)17-24-16(30-25-17)23-15(27)11(10-22)8-13-6-3-7-26(13)14-5-2-4-12(9-14)18(19,20)21/h2-9H,1H3,(H,23,24,25,27). The number of sulfone groups is 1. The van der Waals surface area contributed by atoms with Crippen molar-refractivity contribution in [1.82, 2.24) is 13.9 Å². The number of anilines is 1. The maximum absolute atomic E-state index is 13.0. The zero-order valence-corrected chi connectivity index (χ0v) is 17.2. The first kappa shape index (κ1) is 22.2. The maximum atomic E-state index is 13.0. The fraction of sp³-hybridized carbons (Fsp3) is 0.111. The zero-order chi connectivity index (χ0) is 22.8. The van der Waals surface area contributed by atoms with Gasteiger partial charge in [0.2, 0.25) is 15.0 Å². The highest BCUT2D eigenvalue weighted by Crippen LogP contribution is 2.30. The second-order valence-corrected chi connectivity index (χ2v) is 8.79. The smallest absolute Gasteiger partial charge is 0.317 e. The van der Waals surface area contributed by atoms with Crippen molar-refractivity contribution >= 4 is 38.5 Å². The lowest BCUT2D eigenvalue weighted by atomic mass is 10.2. The lowest BCUT2D eigenvalue weighted by Crippen LogP contribution is -2.14. The molecule has 0 radical (unpaired) electrons. The van der Waals surface area contributed by atoms with Crippen molar-refractivity contribution in [3.8, 4) is 11.8 Å². The van der Waals surface area contributed by atoms with Crippen LogP contribution in [0.1, 0.15) is 11.3 Å². The Morgan fingerprint density at radius 3 is 2.65 bits per heavy atom. The largest absolute Gasteiger partial charge is 0.416 e. The van der Waals surface area contributed by atoms with Gasteiger partial charge in [0.15, 0.2) is 0 Å². The third-order valence-electron chi connectivity index (χ3n) is 3.85. The van der Waals surface area contributed by atoms with Gasteiger partial charge in [0.25, 0.3) is 11.1 Å². The van der Waals surface area contributed by atoms with Gasteiger partial charge in [0.1, 0.15) is 11.6 Å². The van der Waals surface area contributed by atoms with Crippen LogP contribution in [0, 0.1) is 11.3 Å². The van der Waals surface area contributed by atoms with Gasteiger partial charge in [0, 0.05) is 35.4 Å². The van der Waals surface area contributed by atoms with Crippen molar-refractivity contribution < 1.29 is 26.4 Å². The molecule has 0 aliphatic heterocycles. The number of aromatic nitrogens is 3. The minimum Gasteiger partial charge on any atom is -0.317 e. The number of hydrogen-bond donors (Lipinski definition) is 1. The van der Waals surface area contributed by atoms with Gasteiger partial charge in [-0.1, -0.05) is 6.07 Å². The quantitative estimate of drug-likeness (QED) is 0.455. The molecule has 0 aliphatic carbocycles. The Hall–Kier alpha value is -3.50. The second kappa shape index (κ2) is 8.32. The number of carbonyl (C=O) groups excluding carboxylic acids is 1. The first-order valence-corrected chi connectivity index (χ1v) is 11.0. The van der Waals surface area contributed by atoms with Crippen LogP contribution in [0.4, 0.5) is 18.3 Å². The normalized spacial score (nSPS) is 12.4. The fourth-order valence-electron chi connectivity index (χ4n) is 2.45. The molecule has 3 rings (SSSR count). The van der Waals surface area contributed by atoms with Crippen LogP contribution in [-0.2, 0) is 20.8 Å². The van der Waals surface area contributed by atoms with E-state index in [1.165, 1.54) is 35.0 Å². The number of nitrogens with zero attached hydrogens (tertiary/aromatic N) is 4. The monoisotopic (exact) mass is 467 g/mol. The van der Waals surface area contributed by atoms with Crippen molar-refractivity contribution in [2.75, 3.05) is 11.6 Å². The van der Waals surface area contributed by atoms with E-state index in [0.29, 0.717) is 11.5 Å². The number of carbonyl (C=O) groups is 1. The summed E-state index contributed by atoms with van der Waals surface area (Å²) >= 11 is 0.624. The molecule has 2 aromatic heterocycles. The molecule has 8 nitrogen and oxygen atoms in total. The Kier molecular flexibility index (Phi) is 5.96. The lowest BCUT2D eigenvalue weighted by Gasteiger charge is -2.11. The third-order valence-corrected chi connectivity index (χ3v) is 5.44. The number of nitriles is 1. The van der Waals surface area contributed by atoms with Gasteiger partial charge < -0.3 is 4.57 Å². The lowest BCUT2D eigenvalue weighted by molar-refractivity contribution is -0.137. The molecule has 1 N–H and O–H groups in total. The van der Waals surface area contributed by atoms with E-state index < -0.39 is 32.6 Å². The number of amides is 1. The molecule has 2 heterocycles. The molecule has 0 saturated carbocycles. The van der Waals surface area contributed by atoms with Crippen LogP contribution in [0.3, 0.4) is 0 Å².